The fourth-order valence-corrected chi connectivity index (χ4v) is 1.79. The predicted molar refractivity (Wildman–Crippen MR) is 67.3 cm³/mol. The molecule has 0 saturated carbocycles. The summed E-state index contributed by atoms with van der Waals surface area (Å²) in [6.45, 7) is 0. The van der Waals surface area contributed by atoms with Crippen molar-refractivity contribution in [1.82, 2.24) is 0 Å². The molecule has 0 radical (unpaired) electrons. The third-order valence-electron chi connectivity index (χ3n) is 2.11. The van der Waals surface area contributed by atoms with E-state index < -0.39 is 4.92 Å². The third kappa shape index (κ3) is 2.62. The summed E-state index contributed by atoms with van der Waals surface area (Å²) >= 11 is 3.24. The predicted octanol–water partition coefficient (Wildman–Crippen LogP) is 4.15. The van der Waals surface area contributed by atoms with Gasteiger partial charge in [-0.3, -0.25) is 10.1 Å². The first kappa shape index (κ1) is 11.6. The lowest BCUT2D eigenvalue weighted by Gasteiger charge is -2.07. The summed E-state index contributed by atoms with van der Waals surface area (Å²) in [6.07, 6.45) is 0. The standard InChI is InChI=1S/C12H8BrNO3/c13-10-7-4-8-11(14(15)16)12(10)17-9-5-2-1-3-6-9/h1-8H. The number of hydrogen-bond acceptors (Lipinski definition) is 3. The van der Waals surface area contributed by atoms with Crippen LogP contribution in [0, 0.1) is 10.1 Å². The molecule has 0 saturated heterocycles. The van der Waals surface area contributed by atoms with E-state index in [0.717, 1.165) is 0 Å². The molecule has 0 aliphatic carbocycles. The number of para-hydroxylation sites is 2. The molecule has 0 amide bonds. The van der Waals surface area contributed by atoms with Gasteiger partial charge < -0.3 is 4.74 Å². The Morgan fingerprint density at radius 1 is 1.06 bits per heavy atom. The molecule has 0 heterocycles. The largest absolute Gasteiger partial charge is 0.449 e. The van der Waals surface area contributed by atoms with Crippen LogP contribution in [0.15, 0.2) is 53.0 Å². The van der Waals surface area contributed by atoms with Crippen molar-refractivity contribution in [3.05, 3.63) is 63.1 Å². The van der Waals surface area contributed by atoms with Crippen molar-refractivity contribution in [3.8, 4) is 11.5 Å². The van der Waals surface area contributed by atoms with Crippen molar-refractivity contribution in [2.45, 2.75) is 0 Å². The van der Waals surface area contributed by atoms with Crippen LogP contribution in [0.2, 0.25) is 0 Å². The van der Waals surface area contributed by atoms with Gasteiger partial charge in [0, 0.05) is 6.07 Å². The Balaban J connectivity index is 2.41. The van der Waals surface area contributed by atoms with Gasteiger partial charge in [0.2, 0.25) is 5.75 Å². The van der Waals surface area contributed by atoms with E-state index in [4.69, 9.17) is 4.74 Å². The number of hydrogen-bond donors (Lipinski definition) is 0. The minimum Gasteiger partial charge on any atom is -0.449 e. The molecule has 0 aromatic heterocycles. The van der Waals surface area contributed by atoms with E-state index in [-0.39, 0.29) is 11.4 Å². The lowest BCUT2D eigenvalue weighted by molar-refractivity contribution is -0.385. The Morgan fingerprint density at radius 3 is 2.41 bits per heavy atom. The summed E-state index contributed by atoms with van der Waals surface area (Å²) in [5.74, 6) is 0.770. The lowest BCUT2D eigenvalue weighted by atomic mass is 10.3. The van der Waals surface area contributed by atoms with Gasteiger partial charge in [-0.15, -0.1) is 0 Å². The molecule has 0 bridgehead atoms. The van der Waals surface area contributed by atoms with Gasteiger partial charge in [0.25, 0.3) is 0 Å². The molecule has 0 fully saturated rings. The molecule has 0 unspecified atom stereocenters. The molecule has 2 aromatic carbocycles. The molecule has 2 aromatic rings. The smallest absolute Gasteiger partial charge is 0.312 e. The van der Waals surface area contributed by atoms with Crippen LogP contribution in [0.3, 0.4) is 0 Å². The highest BCUT2D eigenvalue weighted by Crippen LogP contribution is 2.37. The quantitative estimate of drug-likeness (QED) is 0.631. The molecule has 0 aliphatic heterocycles. The van der Waals surface area contributed by atoms with Crippen molar-refractivity contribution in [2.75, 3.05) is 0 Å². The minimum atomic E-state index is -0.469. The molecule has 17 heavy (non-hydrogen) atoms. The van der Waals surface area contributed by atoms with E-state index in [9.17, 15) is 10.1 Å². The van der Waals surface area contributed by atoms with Gasteiger partial charge >= 0.3 is 5.69 Å². The summed E-state index contributed by atoms with van der Waals surface area (Å²) in [4.78, 5) is 10.4. The SMILES string of the molecule is O=[N+]([O-])c1cccc(Br)c1Oc1ccccc1. The van der Waals surface area contributed by atoms with Crippen LogP contribution < -0.4 is 4.74 Å². The van der Waals surface area contributed by atoms with Crippen LogP contribution in [-0.4, -0.2) is 4.92 Å². The van der Waals surface area contributed by atoms with E-state index in [1.54, 1.807) is 36.4 Å². The van der Waals surface area contributed by atoms with Crippen LogP contribution in [0.25, 0.3) is 0 Å². The van der Waals surface area contributed by atoms with Crippen LogP contribution in [0.4, 0.5) is 5.69 Å². The van der Waals surface area contributed by atoms with E-state index in [1.807, 2.05) is 6.07 Å². The van der Waals surface area contributed by atoms with Crippen molar-refractivity contribution in [2.24, 2.45) is 0 Å². The number of rotatable bonds is 3. The Kier molecular flexibility index (Phi) is 3.39. The Labute approximate surface area is 106 Å². The normalized spacial score (nSPS) is 9.94. The van der Waals surface area contributed by atoms with Crippen molar-refractivity contribution in [1.29, 1.82) is 0 Å². The maximum absolute atomic E-state index is 10.9. The maximum atomic E-state index is 10.9. The van der Waals surface area contributed by atoms with Crippen LogP contribution in [-0.2, 0) is 0 Å². The summed E-state index contributed by atoms with van der Waals surface area (Å²) in [6, 6.07) is 13.6. The monoisotopic (exact) mass is 293 g/mol. The Hall–Kier alpha value is -1.88. The van der Waals surface area contributed by atoms with Crippen LogP contribution in [0.5, 0.6) is 11.5 Å². The lowest BCUT2D eigenvalue weighted by Crippen LogP contribution is -1.94. The molecule has 0 N–H and O–H groups in total. The number of nitrogens with zero attached hydrogens (tertiary/aromatic N) is 1. The number of halogens is 1. The van der Waals surface area contributed by atoms with Crippen LogP contribution in [0.1, 0.15) is 0 Å². The molecule has 4 nitrogen and oxygen atoms in total. The van der Waals surface area contributed by atoms with Gasteiger partial charge in [0.05, 0.1) is 9.40 Å². The number of nitro benzene ring substituents is 1. The number of nitro groups is 1. The fourth-order valence-electron chi connectivity index (χ4n) is 1.35. The van der Waals surface area contributed by atoms with Crippen molar-refractivity contribution in [3.63, 3.8) is 0 Å². The van der Waals surface area contributed by atoms with Gasteiger partial charge in [-0.25, -0.2) is 0 Å². The van der Waals surface area contributed by atoms with Crippen LogP contribution >= 0.6 is 15.9 Å². The minimum absolute atomic E-state index is 0.0665. The van der Waals surface area contributed by atoms with E-state index >= 15 is 0 Å². The molecule has 86 valence electrons. The van der Waals surface area contributed by atoms with Gasteiger partial charge in [-0.2, -0.15) is 0 Å². The zero-order valence-electron chi connectivity index (χ0n) is 8.67. The van der Waals surface area contributed by atoms with Gasteiger partial charge in [0.15, 0.2) is 0 Å². The first-order chi connectivity index (χ1) is 8.18. The highest BCUT2D eigenvalue weighted by atomic mass is 79.9. The average molecular weight is 294 g/mol. The second kappa shape index (κ2) is 4.97. The van der Waals surface area contributed by atoms with E-state index in [1.165, 1.54) is 6.07 Å². The Bertz CT molecular complexity index is 543. The molecular weight excluding hydrogens is 286 g/mol. The number of ether oxygens (including phenoxy) is 1. The van der Waals surface area contributed by atoms with Gasteiger partial charge in [-0.1, -0.05) is 24.3 Å². The maximum Gasteiger partial charge on any atom is 0.312 e. The zero-order valence-corrected chi connectivity index (χ0v) is 10.3. The fraction of sp³-hybridized carbons (Fsp3) is 0. The summed E-state index contributed by atoms with van der Waals surface area (Å²) < 4.78 is 6.06. The first-order valence-electron chi connectivity index (χ1n) is 4.84. The van der Waals surface area contributed by atoms with E-state index in [2.05, 4.69) is 15.9 Å². The topological polar surface area (TPSA) is 52.4 Å². The zero-order chi connectivity index (χ0) is 12.3. The number of benzene rings is 2. The molecule has 0 spiro atoms. The first-order valence-corrected chi connectivity index (χ1v) is 5.63. The highest BCUT2D eigenvalue weighted by Gasteiger charge is 2.18. The van der Waals surface area contributed by atoms with Gasteiger partial charge in [-0.05, 0) is 34.1 Å². The average Bonchev–Trinajstić information content (AvgIpc) is 2.33. The van der Waals surface area contributed by atoms with E-state index in [0.29, 0.717) is 10.2 Å². The second-order valence-electron chi connectivity index (χ2n) is 3.26. The van der Waals surface area contributed by atoms with Gasteiger partial charge in [0.1, 0.15) is 5.75 Å². The molecular formula is C12H8BrNO3. The molecule has 5 heteroatoms. The Morgan fingerprint density at radius 2 is 1.76 bits per heavy atom. The molecule has 0 atom stereocenters. The van der Waals surface area contributed by atoms with Crippen molar-refractivity contribution < 1.29 is 9.66 Å². The summed E-state index contributed by atoms with van der Waals surface area (Å²) in [7, 11) is 0. The second-order valence-corrected chi connectivity index (χ2v) is 4.11. The molecule has 2 rings (SSSR count). The molecule has 0 aliphatic rings. The third-order valence-corrected chi connectivity index (χ3v) is 2.73. The summed E-state index contributed by atoms with van der Waals surface area (Å²) in [5.41, 5.74) is -0.0665. The summed E-state index contributed by atoms with van der Waals surface area (Å²) in [5, 5.41) is 10.9. The highest BCUT2D eigenvalue weighted by molar-refractivity contribution is 9.10. The van der Waals surface area contributed by atoms with Crippen molar-refractivity contribution >= 4 is 21.6 Å².